The fraction of sp³-hybridized carbons (Fsp3) is 0.438. The topological polar surface area (TPSA) is 71.2 Å². The molecule has 7 heteroatoms. The lowest BCUT2D eigenvalue weighted by molar-refractivity contribution is 0.311. The van der Waals surface area contributed by atoms with Gasteiger partial charge in [0.2, 0.25) is 11.9 Å². The van der Waals surface area contributed by atoms with Crippen LogP contribution in [-0.2, 0) is 11.5 Å². The molecule has 0 radical (unpaired) electrons. The molecular formula is C16H22N6S. The Hall–Kier alpha value is -1.86. The fourth-order valence-electron chi connectivity index (χ4n) is 2.47. The van der Waals surface area contributed by atoms with Gasteiger partial charge in [0.1, 0.15) is 5.82 Å². The van der Waals surface area contributed by atoms with Crippen molar-refractivity contribution in [2.24, 2.45) is 0 Å². The first-order chi connectivity index (χ1) is 11.2. The second kappa shape index (κ2) is 7.61. The molecule has 2 aromatic rings. The molecule has 0 amide bonds. The second-order valence-electron chi connectivity index (χ2n) is 5.68. The van der Waals surface area contributed by atoms with Crippen molar-refractivity contribution in [3.05, 3.63) is 41.7 Å². The molecule has 0 spiro atoms. The van der Waals surface area contributed by atoms with Crippen molar-refractivity contribution in [2.45, 2.75) is 11.5 Å². The molecule has 0 bridgehead atoms. The van der Waals surface area contributed by atoms with Gasteiger partial charge in [-0.05, 0) is 12.6 Å². The van der Waals surface area contributed by atoms with Crippen molar-refractivity contribution in [1.82, 2.24) is 19.9 Å². The summed E-state index contributed by atoms with van der Waals surface area (Å²) in [6.07, 6.45) is 0. The molecule has 2 N–H and O–H groups in total. The first kappa shape index (κ1) is 16.0. The molecule has 2 heterocycles. The van der Waals surface area contributed by atoms with Gasteiger partial charge in [-0.1, -0.05) is 30.3 Å². The van der Waals surface area contributed by atoms with Crippen molar-refractivity contribution in [3.8, 4) is 0 Å². The number of benzene rings is 1. The van der Waals surface area contributed by atoms with E-state index in [1.807, 2.05) is 6.07 Å². The number of nitrogens with zero attached hydrogens (tertiary/aromatic N) is 5. The van der Waals surface area contributed by atoms with E-state index >= 15 is 0 Å². The van der Waals surface area contributed by atoms with Gasteiger partial charge in [0.05, 0.1) is 5.75 Å². The Kier molecular flexibility index (Phi) is 5.30. The maximum atomic E-state index is 5.87. The van der Waals surface area contributed by atoms with E-state index in [0.717, 1.165) is 43.5 Å². The highest BCUT2D eigenvalue weighted by molar-refractivity contribution is 7.97. The molecular weight excluding hydrogens is 308 g/mol. The quantitative estimate of drug-likeness (QED) is 0.893. The minimum atomic E-state index is 0.309. The molecule has 0 saturated carbocycles. The molecule has 1 aromatic carbocycles. The van der Waals surface area contributed by atoms with E-state index in [9.17, 15) is 0 Å². The Balaban J connectivity index is 1.61. The molecule has 1 aliphatic rings. The van der Waals surface area contributed by atoms with Gasteiger partial charge in [-0.15, -0.1) is 11.8 Å². The van der Waals surface area contributed by atoms with Gasteiger partial charge in [0.15, 0.2) is 0 Å². The van der Waals surface area contributed by atoms with Gasteiger partial charge in [0.25, 0.3) is 0 Å². The van der Waals surface area contributed by atoms with Crippen LogP contribution in [0.25, 0.3) is 0 Å². The van der Waals surface area contributed by atoms with Crippen LogP contribution < -0.4 is 10.6 Å². The Morgan fingerprint density at radius 1 is 1.00 bits per heavy atom. The predicted octanol–water partition coefficient (Wildman–Crippen LogP) is 1.64. The monoisotopic (exact) mass is 330 g/mol. The van der Waals surface area contributed by atoms with Crippen LogP contribution >= 0.6 is 11.8 Å². The summed E-state index contributed by atoms with van der Waals surface area (Å²) in [5.74, 6) is 3.45. The highest BCUT2D eigenvalue weighted by Gasteiger charge is 2.17. The molecule has 0 aliphatic carbocycles. The van der Waals surface area contributed by atoms with Crippen LogP contribution in [0.1, 0.15) is 11.4 Å². The van der Waals surface area contributed by atoms with Gasteiger partial charge < -0.3 is 15.5 Å². The zero-order valence-electron chi connectivity index (χ0n) is 13.4. The van der Waals surface area contributed by atoms with E-state index in [2.05, 4.69) is 56.1 Å². The highest BCUT2D eigenvalue weighted by atomic mass is 32.2. The summed E-state index contributed by atoms with van der Waals surface area (Å²) in [5.41, 5.74) is 7.17. The van der Waals surface area contributed by atoms with Gasteiger partial charge in [-0.3, -0.25) is 0 Å². The third-order valence-electron chi connectivity index (χ3n) is 3.82. The van der Waals surface area contributed by atoms with Crippen molar-refractivity contribution in [2.75, 3.05) is 43.9 Å². The van der Waals surface area contributed by atoms with Gasteiger partial charge in [-0.25, -0.2) is 0 Å². The Morgan fingerprint density at radius 3 is 2.48 bits per heavy atom. The Bertz CT molecular complexity index is 628. The van der Waals surface area contributed by atoms with Crippen LogP contribution in [0.5, 0.6) is 0 Å². The van der Waals surface area contributed by atoms with Crippen molar-refractivity contribution in [3.63, 3.8) is 0 Å². The zero-order valence-corrected chi connectivity index (χ0v) is 14.2. The summed E-state index contributed by atoms with van der Waals surface area (Å²) in [6, 6.07) is 10.4. The van der Waals surface area contributed by atoms with Crippen molar-refractivity contribution >= 4 is 23.7 Å². The van der Waals surface area contributed by atoms with E-state index in [1.165, 1.54) is 5.56 Å². The number of hydrogen-bond donors (Lipinski definition) is 1. The molecule has 6 nitrogen and oxygen atoms in total. The number of anilines is 2. The Morgan fingerprint density at radius 2 is 1.74 bits per heavy atom. The van der Waals surface area contributed by atoms with Crippen LogP contribution in [0.4, 0.5) is 11.9 Å². The summed E-state index contributed by atoms with van der Waals surface area (Å²) in [4.78, 5) is 17.7. The van der Waals surface area contributed by atoms with Gasteiger partial charge in [0, 0.05) is 31.9 Å². The lowest BCUT2D eigenvalue weighted by Gasteiger charge is -2.32. The average molecular weight is 330 g/mol. The third-order valence-corrected chi connectivity index (χ3v) is 4.82. The predicted molar refractivity (Wildman–Crippen MR) is 95.4 cm³/mol. The zero-order chi connectivity index (χ0) is 16.1. The number of nitrogens with two attached hydrogens (primary N) is 1. The standard InChI is InChI=1S/C16H22N6S/c1-21-7-9-22(10-8-21)16-19-14(18-15(17)20-16)12-23-11-13-5-3-2-4-6-13/h2-6H,7-12H2,1H3,(H2,17,18,19,20). The summed E-state index contributed by atoms with van der Waals surface area (Å²) < 4.78 is 0. The molecule has 3 rings (SSSR count). The van der Waals surface area contributed by atoms with Gasteiger partial charge in [-0.2, -0.15) is 15.0 Å². The normalized spacial score (nSPS) is 15.8. The summed E-state index contributed by atoms with van der Waals surface area (Å²) >= 11 is 1.79. The minimum absolute atomic E-state index is 0.309. The summed E-state index contributed by atoms with van der Waals surface area (Å²) in [5, 5.41) is 0. The summed E-state index contributed by atoms with van der Waals surface area (Å²) in [7, 11) is 2.13. The smallest absolute Gasteiger partial charge is 0.230 e. The number of likely N-dealkylation sites (N-methyl/N-ethyl adjacent to an activating group) is 1. The van der Waals surface area contributed by atoms with Crippen LogP contribution in [0.2, 0.25) is 0 Å². The number of aromatic nitrogens is 3. The number of nitrogen functional groups attached to an aromatic ring is 1. The SMILES string of the molecule is CN1CCN(c2nc(N)nc(CSCc3ccccc3)n2)CC1. The maximum Gasteiger partial charge on any atom is 0.230 e. The second-order valence-corrected chi connectivity index (χ2v) is 6.66. The molecule has 0 atom stereocenters. The molecule has 23 heavy (non-hydrogen) atoms. The van der Waals surface area contributed by atoms with Crippen LogP contribution in [0.15, 0.2) is 30.3 Å². The minimum Gasteiger partial charge on any atom is -0.368 e. The summed E-state index contributed by atoms with van der Waals surface area (Å²) in [6.45, 7) is 3.89. The maximum absolute atomic E-state index is 5.87. The van der Waals surface area contributed by atoms with E-state index in [4.69, 9.17) is 5.73 Å². The van der Waals surface area contributed by atoms with Crippen molar-refractivity contribution < 1.29 is 0 Å². The first-order valence-corrected chi connectivity index (χ1v) is 8.92. The van der Waals surface area contributed by atoms with E-state index in [-0.39, 0.29) is 0 Å². The molecule has 0 unspecified atom stereocenters. The molecule has 1 fully saturated rings. The van der Waals surface area contributed by atoms with E-state index in [1.54, 1.807) is 11.8 Å². The molecule has 1 aromatic heterocycles. The van der Waals surface area contributed by atoms with Crippen LogP contribution in [-0.4, -0.2) is 53.1 Å². The largest absolute Gasteiger partial charge is 0.368 e. The number of rotatable bonds is 5. The fourth-order valence-corrected chi connectivity index (χ4v) is 3.31. The van der Waals surface area contributed by atoms with E-state index < -0.39 is 0 Å². The average Bonchev–Trinajstić information content (AvgIpc) is 2.56. The lowest BCUT2D eigenvalue weighted by atomic mass is 10.2. The molecule has 122 valence electrons. The van der Waals surface area contributed by atoms with Crippen molar-refractivity contribution in [1.29, 1.82) is 0 Å². The molecule has 1 saturated heterocycles. The molecule has 1 aliphatic heterocycles. The third kappa shape index (κ3) is 4.56. The van der Waals surface area contributed by atoms with Crippen LogP contribution in [0.3, 0.4) is 0 Å². The number of piperazine rings is 1. The Labute approximate surface area is 141 Å². The lowest BCUT2D eigenvalue weighted by Crippen LogP contribution is -2.45. The number of thioether (sulfide) groups is 1. The van der Waals surface area contributed by atoms with Gasteiger partial charge >= 0.3 is 0 Å². The van der Waals surface area contributed by atoms with Crippen LogP contribution in [0, 0.1) is 0 Å². The number of hydrogen-bond acceptors (Lipinski definition) is 7. The van der Waals surface area contributed by atoms with E-state index in [0.29, 0.717) is 11.9 Å². The first-order valence-electron chi connectivity index (χ1n) is 7.76. The highest BCUT2D eigenvalue weighted by Crippen LogP contribution is 2.18.